The fourth-order valence-corrected chi connectivity index (χ4v) is 2.77. The van der Waals surface area contributed by atoms with E-state index in [1.807, 2.05) is 18.2 Å². The minimum atomic E-state index is -0.301. The first-order valence-electron chi connectivity index (χ1n) is 5.41. The zero-order valence-electron chi connectivity index (χ0n) is 8.75. The lowest BCUT2D eigenvalue weighted by Gasteiger charge is -2.34. The van der Waals surface area contributed by atoms with Gasteiger partial charge < -0.3 is 10.1 Å². The second-order valence-corrected chi connectivity index (χ2v) is 5.37. The summed E-state index contributed by atoms with van der Waals surface area (Å²) in [5.41, 5.74) is 0.408. The normalized spacial score (nSPS) is 27.9. The molecule has 3 nitrogen and oxygen atoms in total. The molecule has 0 bridgehead atoms. The van der Waals surface area contributed by atoms with E-state index in [1.165, 1.54) is 0 Å². The first-order chi connectivity index (χ1) is 7.69. The number of carbonyl (C=O) groups excluding carboxylic acids is 1. The SMILES string of the molecule is O=C1CC2(CCNC2)Oc2cc(Br)ccc21. The summed E-state index contributed by atoms with van der Waals surface area (Å²) in [6.45, 7) is 1.70. The van der Waals surface area contributed by atoms with Gasteiger partial charge in [0, 0.05) is 17.4 Å². The van der Waals surface area contributed by atoms with Crippen molar-refractivity contribution in [2.24, 2.45) is 0 Å². The molecule has 1 fully saturated rings. The maximum Gasteiger partial charge on any atom is 0.170 e. The highest BCUT2D eigenvalue weighted by atomic mass is 79.9. The molecule has 1 atom stereocenters. The van der Waals surface area contributed by atoms with Crippen LogP contribution in [0.5, 0.6) is 5.75 Å². The summed E-state index contributed by atoms with van der Waals surface area (Å²) < 4.78 is 6.96. The number of nitrogens with one attached hydrogen (secondary N) is 1. The molecule has 4 heteroatoms. The lowest BCUT2D eigenvalue weighted by molar-refractivity contribution is 0.0528. The Hall–Kier alpha value is -0.870. The van der Waals surface area contributed by atoms with Crippen LogP contribution in [0.2, 0.25) is 0 Å². The van der Waals surface area contributed by atoms with E-state index in [2.05, 4.69) is 21.2 Å². The molecule has 1 spiro atoms. The van der Waals surface area contributed by atoms with Crippen molar-refractivity contribution >= 4 is 21.7 Å². The smallest absolute Gasteiger partial charge is 0.170 e. The van der Waals surface area contributed by atoms with Gasteiger partial charge >= 0.3 is 0 Å². The van der Waals surface area contributed by atoms with Crippen molar-refractivity contribution in [2.45, 2.75) is 18.4 Å². The summed E-state index contributed by atoms with van der Waals surface area (Å²) in [5, 5.41) is 3.26. The average molecular weight is 282 g/mol. The number of ketones is 1. The number of hydrogen-bond acceptors (Lipinski definition) is 3. The summed E-state index contributed by atoms with van der Waals surface area (Å²) in [7, 11) is 0. The number of halogens is 1. The third-order valence-electron chi connectivity index (χ3n) is 3.26. The third-order valence-corrected chi connectivity index (χ3v) is 3.75. The number of fused-ring (bicyclic) bond motifs is 1. The van der Waals surface area contributed by atoms with Gasteiger partial charge in [-0.1, -0.05) is 15.9 Å². The Kier molecular flexibility index (Phi) is 2.30. The van der Waals surface area contributed by atoms with Gasteiger partial charge in [0.1, 0.15) is 11.4 Å². The molecule has 0 amide bonds. The van der Waals surface area contributed by atoms with Crippen LogP contribution in [-0.2, 0) is 0 Å². The van der Waals surface area contributed by atoms with E-state index in [1.54, 1.807) is 0 Å². The van der Waals surface area contributed by atoms with Gasteiger partial charge in [0.15, 0.2) is 5.78 Å². The Balaban J connectivity index is 2.03. The molecular weight excluding hydrogens is 270 g/mol. The molecule has 2 aliphatic rings. The van der Waals surface area contributed by atoms with Crippen molar-refractivity contribution in [3.63, 3.8) is 0 Å². The highest BCUT2D eigenvalue weighted by Gasteiger charge is 2.42. The van der Waals surface area contributed by atoms with E-state index in [0.717, 1.165) is 24.0 Å². The van der Waals surface area contributed by atoms with Crippen molar-refractivity contribution < 1.29 is 9.53 Å². The molecule has 0 aromatic heterocycles. The molecule has 3 rings (SSSR count). The standard InChI is InChI=1S/C12H12BrNO2/c13-8-1-2-9-10(15)6-12(3-4-14-7-12)16-11(9)5-8/h1-2,5,14H,3-4,6-7H2. The first kappa shape index (κ1) is 10.3. The zero-order valence-corrected chi connectivity index (χ0v) is 10.3. The summed E-state index contributed by atoms with van der Waals surface area (Å²) in [5.74, 6) is 0.909. The molecule has 1 N–H and O–H groups in total. The molecule has 0 aliphatic carbocycles. The number of rotatable bonds is 0. The maximum absolute atomic E-state index is 12.0. The molecule has 1 unspecified atom stereocenters. The Bertz CT molecular complexity index is 452. The van der Waals surface area contributed by atoms with E-state index >= 15 is 0 Å². The van der Waals surface area contributed by atoms with Crippen LogP contribution in [-0.4, -0.2) is 24.5 Å². The van der Waals surface area contributed by atoms with Gasteiger partial charge in [-0.2, -0.15) is 0 Å². The topological polar surface area (TPSA) is 38.3 Å². The summed E-state index contributed by atoms with van der Waals surface area (Å²) in [6.07, 6.45) is 1.40. The molecule has 1 aromatic carbocycles. The first-order valence-corrected chi connectivity index (χ1v) is 6.20. The van der Waals surface area contributed by atoms with Gasteiger partial charge in [-0.15, -0.1) is 0 Å². The molecule has 2 heterocycles. The van der Waals surface area contributed by atoms with Crippen molar-refractivity contribution in [2.75, 3.05) is 13.1 Å². The minimum Gasteiger partial charge on any atom is -0.485 e. The van der Waals surface area contributed by atoms with E-state index in [9.17, 15) is 4.79 Å². The van der Waals surface area contributed by atoms with Gasteiger partial charge in [-0.25, -0.2) is 0 Å². The molecule has 0 radical (unpaired) electrons. The lowest BCUT2D eigenvalue weighted by atomic mass is 9.89. The summed E-state index contributed by atoms with van der Waals surface area (Å²) in [4.78, 5) is 12.0. The Morgan fingerprint density at radius 1 is 1.44 bits per heavy atom. The summed E-state index contributed by atoms with van der Waals surface area (Å²) >= 11 is 3.40. The van der Waals surface area contributed by atoms with Gasteiger partial charge in [0.25, 0.3) is 0 Å². The van der Waals surface area contributed by atoms with Crippen LogP contribution in [0, 0.1) is 0 Å². The van der Waals surface area contributed by atoms with Gasteiger partial charge in [0.05, 0.1) is 12.0 Å². The van der Waals surface area contributed by atoms with Crippen LogP contribution in [0.4, 0.5) is 0 Å². The number of Topliss-reactive ketones (excluding diaryl/α,β-unsaturated/α-hetero) is 1. The second kappa shape index (κ2) is 3.57. The largest absolute Gasteiger partial charge is 0.485 e. The summed E-state index contributed by atoms with van der Waals surface area (Å²) in [6, 6.07) is 5.59. The maximum atomic E-state index is 12.0. The molecule has 1 saturated heterocycles. The number of ether oxygens (including phenoxy) is 1. The fourth-order valence-electron chi connectivity index (χ4n) is 2.43. The Morgan fingerprint density at radius 3 is 3.06 bits per heavy atom. The zero-order chi connectivity index (χ0) is 11.2. The number of carbonyl (C=O) groups is 1. The van der Waals surface area contributed by atoms with Crippen LogP contribution in [0.25, 0.3) is 0 Å². The van der Waals surface area contributed by atoms with Crippen molar-refractivity contribution in [3.05, 3.63) is 28.2 Å². The molecular formula is C12H12BrNO2. The predicted molar refractivity (Wildman–Crippen MR) is 63.9 cm³/mol. The van der Waals surface area contributed by atoms with Gasteiger partial charge in [-0.05, 0) is 24.7 Å². The second-order valence-electron chi connectivity index (χ2n) is 4.45. The third kappa shape index (κ3) is 1.57. The lowest BCUT2D eigenvalue weighted by Crippen LogP contribution is -2.43. The van der Waals surface area contributed by atoms with E-state index in [4.69, 9.17) is 4.74 Å². The van der Waals surface area contributed by atoms with Crippen LogP contribution >= 0.6 is 15.9 Å². The predicted octanol–water partition coefficient (Wildman–Crippen LogP) is 2.15. The van der Waals surface area contributed by atoms with Crippen molar-refractivity contribution in [3.8, 4) is 5.75 Å². The van der Waals surface area contributed by atoms with Crippen LogP contribution < -0.4 is 10.1 Å². The van der Waals surface area contributed by atoms with Crippen LogP contribution in [0.1, 0.15) is 23.2 Å². The van der Waals surface area contributed by atoms with E-state index in [-0.39, 0.29) is 11.4 Å². The molecule has 84 valence electrons. The molecule has 0 saturated carbocycles. The Labute approximate surface area is 102 Å². The quantitative estimate of drug-likeness (QED) is 0.792. The Morgan fingerprint density at radius 2 is 2.31 bits per heavy atom. The highest BCUT2D eigenvalue weighted by Crippen LogP contribution is 2.37. The monoisotopic (exact) mass is 281 g/mol. The average Bonchev–Trinajstić information content (AvgIpc) is 2.65. The fraction of sp³-hybridized carbons (Fsp3) is 0.417. The minimum absolute atomic E-state index is 0.192. The van der Waals surface area contributed by atoms with Crippen molar-refractivity contribution in [1.29, 1.82) is 0 Å². The van der Waals surface area contributed by atoms with Gasteiger partial charge in [-0.3, -0.25) is 4.79 Å². The number of benzene rings is 1. The van der Waals surface area contributed by atoms with Gasteiger partial charge in [0.2, 0.25) is 0 Å². The van der Waals surface area contributed by atoms with Crippen molar-refractivity contribution in [1.82, 2.24) is 5.32 Å². The molecule has 2 aliphatic heterocycles. The van der Waals surface area contributed by atoms with E-state index < -0.39 is 0 Å². The van der Waals surface area contributed by atoms with Crippen LogP contribution in [0.3, 0.4) is 0 Å². The van der Waals surface area contributed by atoms with Crippen LogP contribution in [0.15, 0.2) is 22.7 Å². The molecule has 1 aromatic rings. The molecule has 16 heavy (non-hydrogen) atoms. The highest BCUT2D eigenvalue weighted by molar-refractivity contribution is 9.10. The number of hydrogen-bond donors (Lipinski definition) is 1. The van der Waals surface area contributed by atoms with E-state index in [0.29, 0.717) is 17.7 Å².